The third kappa shape index (κ3) is 3.64. The van der Waals surface area contributed by atoms with Crippen LogP contribution >= 0.6 is 23.2 Å². The first-order chi connectivity index (χ1) is 13.9. The molecular weight excluding hydrogens is 425 g/mol. The molecule has 0 saturated carbocycles. The van der Waals surface area contributed by atoms with E-state index in [1.807, 2.05) is 5.48 Å². The Morgan fingerprint density at radius 3 is 2.66 bits per heavy atom. The number of aliphatic hydroxyl groups is 3. The molecule has 1 fully saturated rings. The number of ether oxygens (including phenoxy) is 1. The molecule has 10 nitrogen and oxygen atoms in total. The van der Waals surface area contributed by atoms with E-state index in [0.717, 1.165) is 0 Å². The monoisotopic (exact) mass is 441 g/mol. The van der Waals surface area contributed by atoms with Crippen molar-refractivity contribution in [2.75, 3.05) is 5.48 Å². The number of benzene rings is 1. The van der Waals surface area contributed by atoms with E-state index in [0.29, 0.717) is 21.3 Å². The molecule has 0 amide bonds. The molecule has 154 valence electrons. The van der Waals surface area contributed by atoms with Gasteiger partial charge in [-0.1, -0.05) is 29.3 Å². The smallest absolute Gasteiger partial charge is 0.181 e. The van der Waals surface area contributed by atoms with E-state index in [9.17, 15) is 15.3 Å². The summed E-state index contributed by atoms with van der Waals surface area (Å²) in [5.41, 5.74) is 2.98. The van der Waals surface area contributed by atoms with E-state index in [4.69, 9.17) is 33.1 Å². The molecule has 3 aromatic rings. The van der Waals surface area contributed by atoms with Crippen molar-refractivity contribution in [3.63, 3.8) is 0 Å². The summed E-state index contributed by atoms with van der Waals surface area (Å²) < 4.78 is 7.25. The van der Waals surface area contributed by atoms with Crippen molar-refractivity contribution in [2.24, 2.45) is 0 Å². The van der Waals surface area contributed by atoms with Crippen LogP contribution in [0.2, 0.25) is 10.0 Å². The Hall–Kier alpha value is -2.05. The molecule has 5 N–H and O–H groups in total. The number of aromatic nitrogens is 4. The normalized spacial score (nSPS) is 25.4. The number of rotatable bonds is 5. The number of hydrogen-bond donors (Lipinski definition) is 5. The average Bonchev–Trinajstić information content (AvgIpc) is 3.26. The van der Waals surface area contributed by atoms with Crippen LogP contribution in [0.1, 0.15) is 24.3 Å². The topological polar surface area (TPSA) is 146 Å². The van der Waals surface area contributed by atoms with Crippen molar-refractivity contribution in [2.45, 2.75) is 37.1 Å². The highest BCUT2D eigenvalue weighted by molar-refractivity contribution is 6.42. The van der Waals surface area contributed by atoms with Crippen LogP contribution in [-0.2, 0) is 4.74 Å². The molecule has 12 heteroatoms. The molecule has 3 heterocycles. The molecule has 0 aliphatic carbocycles. The van der Waals surface area contributed by atoms with Crippen LogP contribution in [0.3, 0.4) is 0 Å². The lowest BCUT2D eigenvalue weighted by Crippen LogP contribution is -2.32. The van der Waals surface area contributed by atoms with Gasteiger partial charge in [-0.2, -0.15) is 0 Å². The molecule has 5 atom stereocenters. The SMILES string of the molecule is ONc1ncnc2c1ncn2[C@@H]1O[C@@H](C[C@@H](O)c2ccc(Cl)c(Cl)c2)[C@@H](O)[C@H]1O. The van der Waals surface area contributed by atoms with Gasteiger partial charge in [-0.05, 0) is 17.7 Å². The highest BCUT2D eigenvalue weighted by atomic mass is 35.5. The lowest BCUT2D eigenvalue weighted by Gasteiger charge is -2.19. The molecular formula is C17H17Cl2N5O5. The van der Waals surface area contributed by atoms with Gasteiger partial charge in [0.05, 0.1) is 28.6 Å². The van der Waals surface area contributed by atoms with Gasteiger partial charge in [0.15, 0.2) is 23.2 Å². The Bertz CT molecular complexity index is 1030. The maximum absolute atomic E-state index is 10.5. The number of nitrogens with one attached hydrogen (secondary N) is 1. The van der Waals surface area contributed by atoms with Crippen molar-refractivity contribution < 1.29 is 25.3 Å². The maximum Gasteiger partial charge on any atom is 0.181 e. The largest absolute Gasteiger partial charge is 0.388 e. The standard InChI is InChI=1S/C17H17Cl2N5O5/c18-8-2-1-7(3-9(8)19)10(25)4-11-13(26)14(27)17(29-11)24-6-22-12-15(23-28)20-5-21-16(12)24/h1-3,5-6,10-11,13-14,17,25-28H,4H2,(H,20,21,23)/t10-,11+,13-,14-,17-/m1/s1. The minimum atomic E-state index is -1.29. The summed E-state index contributed by atoms with van der Waals surface area (Å²) in [6, 6.07) is 4.72. The summed E-state index contributed by atoms with van der Waals surface area (Å²) in [5.74, 6) is 0.0911. The zero-order valence-electron chi connectivity index (χ0n) is 14.7. The van der Waals surface area contributed by atoms with Gasteiger partial charge in [-0.15, -0.1) is 0 Å². The van der Waals surface area contributed by atoms with Crippen molar-refractivity contribution in [3.05, 3.63) is 46.5 Å². The third-order valence-corrected chi connectivity index (χ3v) is 5.60. The molecule has 0 radical (unpaired) electrons. The third-order valence-electron chi connectivity index (χ3n) is 4.86. The Morgan fingerprint density at radius 1 is 1.14 bits per heavy atom. The van der Waals surface area contributed by atoms with Crippen LogP contribution in [0.5, 0.6) is 0 Å². The van der Waals surface area contributed by atoms with Crippen LogP contribution < -0.4 is 5.48 Å². The summed E-state index contributed by atoms with van der Waals surface area (Å²) in [6.45, 7) is 0. The molecule has 1 aliphatic rings. The van der Waals surface area contributed by atoms with Gasteiger partial charge in [0.25, 0.3) is 0 Å². The second-order valence-corrected chi connectivity index (χ2v) is 7.44. The summed E-state index contributed by atoms with van der Waals surface area (Å²) in [6.07, 6.45) is -2.83. The van der Waals surface area contributed by atoms with Crippen molar-refractivity contribution >= 4 is 40.2 Å². The second kappa shape index (κ2) is 8.00. The summed E-state index contributed by atoms with van der Waals surface area (Å²) in [5, 5.41) is 41.2. The van der Waals surface area contributed by atoms with E-state index < -0.39 is 30.6 Å². The number of halogens is 2. The van der Waals surface area contributed by atoms with E-state index in [1.165, 1.54) is 23.3 Å². The zero-order chi connectivity index (χ0) is 20.7. The Balaban J connectivity index is 1.56. The van der Waals surface area contributed by atoms with Crippen molar-refractivity contribution in [1.82, 2.24) is 19.5 Å². The fourth-order valence-corrected chi connectivity index (χ4v) is 3.66. The van der Waals surface area contributed by atoms with Crippen LogP contribution in [0.15, 0.2) is 30.9 Å². The van der Waals surface area contributed by atoms with Crippen LogP contribution in [0.25, 0.3) is 11.2 Å². The van der Waals surface area contributed by atoms with E-state index in [-0.39, 0.29) is 17.8 Å². The van der Waals surface area contributed by atoms with Crippen molar-refractivity contribution in [3.8, 4) is 0 Å². The van der Waals surface area contributed by atoms with Gasteiger partial charge >= 0.3 is 0 Å². The number of nitrogens with zero attached hydrogens (tertiary/aromatic N) is 4. The lowest BCUT2D eigenvalue weighted by molar-refractivity contribution is -0.0492. The minimum Gasteiger partial charge on any atom is -0.388 e. The van der Waals surface area contributed by atoms with Gasteiger partial charge in [-0.25, -0.2) is 15.0 Å². The van der Waals surface area contributed by atoms with Gasteiger partial charge in [0.1, 0.15) is 18.5 Å². The predicted molar refractivity (Wildman–Crippen MR) is 103 cm³/mol. The van der Waals surface area contributed by atoms with Gasteiger partial charge in [-0.3, -0.25) is 15.3 Å². The summed E-state index contributed by atoms with van der Waals surface area (Å²) in [7, 11) is 0. The maximum atomic E-state index is 10.5. The molecule has 2 aromatic heterocycles. The molecule has 0 bridgehead atoms. The molecule has 1 aromatic carbocycles. The zero-order valence-corrected chi connectivity index (χ0v) is 16.2. The number of anilines is 1. The average molecular weight is 442 g/mol. The highest BCUT2D eigenvalue weighted by Gasteiger charge is 2.45. The minimum absolute atomic E-state index is 0.0117. The number of hydrogen-bond acceptors (Lipinski definition) is 9. The fraction of sp³-hybridized carbons (Fsp3) is 0.353. The molecule has 29 heavy (non-hydrogen) atoms. The van der Waals surface area contributed by atoms with Gasteiger partial charge in [0, 0.05) is 6.42 Å². The quantitative estimate of drug-likeness (QED) is 0.373. The number of imidazole rings is 1. The highest BCUT2D eigenvalue weighted by Crippen LogP contribution is 2.36. The Kier molecular flexibility index (Phi) is 5.58. The first kappa shape index (κ1) is 20.2. The molecule has 1 aliphatic heterocycles. The molecule has 0 unspecified atom stereocenters. The first-order valence-electron chi connectivity index (χ1n) is 8.63. The Morgan fingerprint density at radius 2 is 1.93 bits per heavy atom. The van der Waals surface area contributed by atoms with Crippen molar-refractivity contribution in [1.29, 1.82) is 0 Å². The first-order valence-corrected chi connectivity index (χ1v) is 9.38. The van der Waals surface area contributed by atoms with Crippen LogP contribution in [0.4, 0.5) is 5.82 Å². The van der Waals surface area contributed by atoms with Crippen LogP contribution in [-0.4, -0.2) is 58.4 Å². The molecule has 1 saturated heterocycles. The number of fused-ring (bicyclic) bond motifs is 1. The van der Waals surface area contributed by atoms with Gasteiger partial charge in [0.2, 0.25) is 0 Å². The fourth-order valence-electron chi connectivity index (χ4n) is 3.35. The van der Waals surface area contributed by atoms with Gasteiger partial charge < -0.3 is 20.1 Å². The van der Waals surface area contributed by atoms with Crippen LogP contribution in [0, 0.1) is 0 Å². The molecule has 0 spiro atoms. The summed E-state index contributed by atoms with van der Waals surface area (Å²) in [4.78, 5) is 12.1. The predicted octanol–water partition coefficient (Wildman–Crippen LogP) is 1.68. The summed E-state index contributed by atoms with van der Waals surface area (Å²) >= 11 is 11.9. The van der Waals surface area contributed by atoms with E-state index in [1.54, 1.807) is 12.1 Å². The Labute approximate surface area is 174 Å². The van der Waals surface area contributed by atoms with E-state index in [2.05, 4.69) is 15.0 Å². The lowest BCUT2D eigenvalue weighted by atomic mass is 9.99. The number of aliphatic hydroxyl groups excluding tert-OH is 3. The van der Waals surface area contributed by atoms with E-state index >= 15 is 0 Å². The second-order valence-electron chi connectivity index (χ2n) is 6.63. The molecule has 4 rings (SSSR count).